The second kappa shape index (κ2) is 5.70. The third-order valence-electron chi connectivity index (χ3n) is 3.36. The first-order valence-corrected chi connectivity index (χ1v) is 6.72. The molecule has 1 heterocycles. The van der Waals surface area contributed by atoms with Gasteiger partial charge in [0.2, 0.25) is 5.91 Å². The van der Waals surface area contributed by atoms with Crippen molar-refractivity contribution in [2.24, 2.45) is 0 Å². The molecule has 0 radical (unpaired) electrons. The van der Waals surface area contributed by atoms with Crippen LogP contribution in [-0.4, -0.2) is 26.1 Å². The molecule has 1 amide bonds. The van der Waals surface area contributed by atoms with Gasteiger partial charge in [-0.15, -0.1) is 5.10 Å². The van der Waals surface area contributed by atoms with Crippen LogP contribution in [0.2, 0.25) is 0 Å². The van der Waals surface area contributed by atoms with Crippen molar-refractivity contribution in [3.8, 4) is 0 Å². The van der Waals surface area contributed by atoms with Gasteiger partial charge in [-0.25, -0.2) is 4.68 Å². The lowest BCUT2D eigenvalue weighted by molar-refractivity contribution is -0.122. The zero-order valence-corrected chi connectivity index (χ0v) is 11.6. The maximum Gasteiger partial charge on any atom is 0.242 e. The fraction of sp³-hybridized carbons (Fsp3) is 0.200. The van der Waals surface area contributed by atoms with E-state index in [1.54, 1.807) is 0 Å². The average Bonchev–Trinajstić information content (AvgIpc) is 2.99. The highest BCUT2D eigenvalue weighted by Crippen LogP contribution is 2.23. The number of hydrogen-bond donors (Lipinski definition) is 1. The fourth-order valence-electron chi connectivity index (χ4n) is 2.39. The van der Waals surface area contributed by atoms with E-state index >= 15 is 0 Å². The van der Waals surface area contributed by atoms with Crippen LogP contribution in [0.1, 0.15) is 18.5 Å². The van der Waals surface area contributed by atoms with Crippen LogP contribution in [0.15, 0.2) is 48.8 Å². The van der Waals surface area contributed by atoms with E-state index in [1.165, 1.54) is 11.0 Å². The van der Waals surface area contributed by atoms with Gasteiger partial charge >= 0.3 is 0 Å². The first kappa shape index (κ1) is 13.2. The van der Waals surface area contributed by atoms with Gasteiger partial charge in [-0.05, 0) is 33.7 Å². The monoisotopic (exact) mass is 281 g/mol. The van der Waals surface area contributed by atoms with E-state index in [4.69, 9.17) is 0 Å². The van der Waals surface area contributed by atoms with Crippen molar-refractivity contribution in [3.05, 3.63) is 54.4 Å². The Labute approximate surface area is 121 Å². The summed E-state index contributed by atoms with van der Waals surface area (Å²) in [4.78, 5) is 12.0. The molecule has 2 aromatic carbocycles. The minimum atomic E-state index is -0.122. The molecule has 6 nitrogen and oxygen atoms in total. The van der Waals surface area contributed by atoms with E-state index in [0.29, 0.717) is 0 Å². The van der Waals surface area contributed by atoms with Gasteiger partial charge in [0.25, 0.3) is 0 Å². The summed E-state index contributed by atoms with van der Waals surface area (Å²) in [5, 5.41) is 16.0. The van der Waals surface area contributed by atoms with Crippen molar-refractivity contribution >= 4 is 16.7 Å². The number of carbonyl (C=O) groups excluding carboxylic acids is 1. The molecule has 1 N–H and O–H groups in total. The van der Waals surface area contributed by atoms with Crippen LogP contribution < -0.4 is 5.32 Å². The van der Waals surface area contributed by atoms with E-state index in [2.05, 4.69) is 39.0 Å². The number of fused-ring (bicyclic) bond motifs is 1. The molecule has 0 aliphatic rings. The summed E-state index contributed by atoms with van der Waals surface area (Å²) in [6.07, 6.45) is 1.42. The molecule has 0 fully saturated rings. The predicted octanol–water partition coefficient (Wildman–Crippen LogP) is 1.70. The maximum atomic E-state index is 12.0. The number of nitrogens with zero attached hydrogens (tertiary/aromatic N) is 4. The van der Waals surface area contributed by atoms with Gasteiger partial charge in [-0.1, -0.05) is 42.5 Å². The molecule has 106 valence electrons. The Balaban J connectivity index is 1.77. The maximum absolute atomic E-state index is 12.0. The second-order valence-corrected chi connectivity index (χ2v) is 4.86. The van der Waals surface area contributed by atoms with Gasteiger partial charge in [-0.2, -0.15) is 0 Å². The SMILES string of the molecule is CC(NC(=O)Cn1cnnn1)c1cccc2ccccc12. The molecule has 0 saturated carbocycles. The minimum absolute atomic E-state index is 0.0833. The summed E-state index contributed by atoms with van der Waals surface area (Å²) in [6, 6.07) is 14.2. The molecule has 1 aromatic heterocycles. The van der Waals surface area contributed by atoms with E-state index < -0.39 is 0 Å². The first-order valence-electron chi connectivity index (χ1n) is 6.72. The van der Waals surface area contributed by atoms with Gasteiger partial charge in [0, 0.05) is 0 Å². The summed E-state index contributed by atoms with van der Waals surface area (Å²) in [7, 11) is 0. The number of rotatable bonds is 4. The molecule has 0 saturated heterocycles. The molecule has 3 rings (SSSR count). The van der Waals surface area contributed by atoms with Crippen LogP contribution in [0.5, 0.6) is 0 Å². The number of carbonyl (C=O) groups is 1. The van der Waals surface area contributed by atoms with Crippen molar-refractivity contribution in [2.45, 2.75) is 19.5 Å². The zero-order chi connectivity index (χ0) is 14.7. The normalized spacial score (nSPS) is 12.2. The number of aromatic nitrogens is 4. The molecule has 0 bridgehead atoms. The molecule has 0 aliphatic heterocycles. The predicted molar refractivity (Wildman–Crippen MR) is 78.3 cm³/mol. The van der Waals surface area contributed by atoms with Crippen molar-refractivity contribution in [2.75, 3.05) is 0 Å². The topological polar surface area (TPSA) is 72.7 Å². The Bertz CT molecular complexity index is 748. The molecule has 3 aromatic rings. The molecular formula is C15H15N5O. The summed E-state index contributed by atoms with van der Waals surface area (Å²) in [6.45, 7) is 2.08. The summed E-state index contributed by atoms with van der Waals surface area (Å²) in [5.74, 6) is -0.122. The van der Waals surface area contributed by atoms with Crippen LogP contribution in [0, 0.1) is 0 Å². The van der Waals surface area contributed by atoms with Crippen molar-refractivity contribution < 1.29 is 4.79 Å². The zero-order valence-electron chi connectivity index (χ0n) is 11.6. The van der Waals surface area contributed by atoms with Crippen molar-refractivity contribution in [1.29, 1.82) is 0 Å². The first-order chi connectivity index (χ1) is 10.2. The highest BCUT2D eigenvalue weighted by molar-refractivity contribution is 5.86. The van der Waals surface area contributed by atoms with Crippen LogP contribution in [0.25, 0.3) is 10.8 Å². The Morgan fingerprint density at radius 1 is 1.24 bits per heavy atom. The van der Waals surface area contributed by atoms with Crippen molar-refractivity contribution in [1.82, 2.24) is 25.5 Å². The van der Waals surface area contributed by atoms with Crippen LogP contribution in [0.4, 0.5) is 0 Å². The van der Waals surface area contributed by atoms with E-state index in [9.17, 15) is 4.79 Å². The molecular weight excluding hydrogens is 266 g/mol. The van der Waals surface area contributed by atoms with Gasteiger partial charge in [-0.3, -0.25) is 4.79 Å². The third kappa shape index (κ3) is 2.89. The fourth-order valence-corrected chi connectivity index (χ4v) is 2.39. The molecule has 0 aliphatic carbocycles. The highest BCUT2D eigenvalue weighted by atomic mass is 16.2. The van der Waals surface area contributed by atoms with Gasteiger partial charge in [0.15, 0.2) is 0 Å². The number of benzene rings is 2. The Kier molecular flexibility index (Phi) is 3.59. The smallest absolute Gasteiger partial charge is 0.242 e. The van der Waals surface area contributed by atoms with Crippen molar-refractivity contribution in [3.63, 3.8) is 0 Å². The highest BCUT2D eigenvalue weighted by Gasteiger charge is 2.12. The molecule has 6 heteroatoms. The number of hydrogen-bond acceptors (Lipinski definition) is 4. The minimum Gasteiger partial charge on any atom is -0.348 e. The third-order valence-corrected chi connectivity index (χ3v) is 3.36. The van der Waals surface area contributed by atoms with E-state index in [-0.39, 0.29) is 18.5 Å². The van der Waals surface area contributed by atoms with E-state index in [0.717, 1.165) is 16.3 Å². The number of nitrogens with one attached hydrogen (secondary N) is 1. The number of amides is 1. The van der Waals surface area contributed by atoms with E-state index in [1.807, 2.05) is 31.2 Å². The van der Waals surface area contributed by atoms with Crippen LogP contribution in [-0.2, 0) is 11.3 Å². The lowest BCUT2D eigenvalue weighted by atomic mass is 10.00. The lowest BCUT2D eigenvalue weighted by Crippen LogP contribution is -2.30. The second-order valence-electron chi connectivity index (χ2n) is 4.86. The Morgan fingerprint density at radius 3 is 2.86 bits per heavy atom. The molecule has 21 heavy (non-hydrogen) atoms. The molecule has 0 spiro atoms. The number of tetrazole rings is 1. The van der Waals surface area contributed by atoms with Gasteiger partial charge in [0.1, 0.15) is 12.9 Å². The standard InChI is InChI=1S/C15H15N5O/c1-11(17-15(21)9-20-10-16-18-19-20)13-8-4-6-12-5-2-3-7-14(12)13/h2-8,10-11H,9H2,1H3,(H,17,21). The Morgan fingerprint density at radius 2 is 2.05 bits per heavy atom. The quantitative estimate of drug-likeness (QED) is 0.790. The average molecular weight is 281 g/mol. The lowest BCUT2D eigenvalue weighted by Gasteiger charge is -2.16. The molecule has 1 atom stereocenters. The van der Waals surface area contributed by atoms with Gasteiger partial charge < -0.3 is 5.32 Å². The summed E-state index contributed by atoms with van der Waals surface area (Å²) in [5.41, 5.74) is 1.10. The van der Waals surface area contributed by atoms with Crippen LogP contribution >= 0.6 is 0 Å². The summed E-state index contributed by atoms with van der Waals surface area (Å²) < 4.78 is 1.39. The summed E-state index contributed by atoms with van der Waals surface area (Å²) >= 11 is 0. The largest absolute Gasteiger partial charge is 0.348 e. The molecule has 1 unspecified atom stereocenters. The van der Waals surface area contributed by atoms with Gasteiger partial charge in [0.05, 0.1) is 6.04 Å². The Hall–Kier alpha value is -2.76. The van der Waals surface area contributed by atoms with Crippen LogP contribution in [0.3, 0.4) is 0 Å².